The average Bonchev–Trinajstić information content (AvgIpc) is 2.67. The smallest absolute Gasteiger partial charge is 0.335 e. The number of carbonyl (C=O) groups excluding carboxylic acids is 1. The number of benzene rings is 1. The van der Waals surface area contributed by atoms with Gasteiger partial charge in [-0.05, 0) is 18.2 Å². The monoisotopic (exact) mass is 314 g/mol. The summed E-state index contributed by atoms with van der Waals surface area (Å²) in [6.45, 7) is 0.106. The summed E-state index contributed by atoms with van der Waals surface area (Å²) in [6.07, 6.45) is 0.0105. The van der Waals surface area contributed by atoms with Gasteiger partial charge in [-0.15, -0.1) is 0 Å². The van der Waals surface area contributed by atoms with Crippen LogP contribution >= 0.6 is 0 Å². The van der Waals surface area contributed by atoms with Crippen LogP contribution in [0.2, 0.25) is 0 Å². The number of carboxylic acids is 1. The summed E-state index contributed by atoms with van der Waals surface area (Å²) in [5.74, 6) is -2.66. The van der Waals surface area contributed by atoms with Gasteiger partial charge in [-0.2, -0.15) is 0 Å². The summed E-state index contributed by atoms with van der Waals surface area (Å²) in [5, 5.41) is 23.6. The van der Waals surface area contributed by atoms with E-state index in [1.165, 1.54) is 17.0 Å². The summed E-state index contributed by atoms with van der Waals surface area (Å²) in [4.78, 5) is 23.9. The second-order valence-electron chi connectivity index (χ2n) is 4.91. The number of anilines is 1. The Labute approximate surface area is 120 Å². The highest BCUT2D eigenvalue weighted by Crippen LogP contribution is 2.33. The maximum atomic E-state index is 11.9. The Balaban J connectivity index is 2.23. The van der Waals surface area contributed by atoms with Crippen LogP contribution in [0.5, 0.6) is 5.75 Å². The summed E-state index contributed by atoms with van der Waals surface area (Å²) in [7, 11) is -3.68. The lowest BCUT2D eigenvalue weighted by Crippen LogP contribution is -2.27. The van der Waals surface area contributed by atoms with Gasteiger partial charge in [-0.3, -0.25) is 4.79 Å². The van der Waals surface area contributed by atoms with Gasteiger partial charge >= 0.3 is 5.97 Å². The Kier molecular flexibility index (Phi) is 3.88. The van der Waals surface area contributed by atoms with Crippen molar-refractivity contribution in [1.29, 1.82) is 0 Å². The number of carboxylic acid groups (broad SMARTS) is 1. The molecule has 1 aliphatic rings. The largest absolute Gasteiger partial charge is 0.506 e. The number of aromatic carboxylic acids is 1. The second-order valence-corrected chi connectivity index (χ2v) is 6.57. The van der Waals surface area contributed by atoms with E-state index in [1.807, 2.05) is 0 Å². The molecule has 0 saturated carbocycles. The first-order chi connectivity index (χ1) is 9.67. The fourth-order valence-electron chi connectivity index (χ4n) is 2.34. The molecule has 1 amide bonds. The Morgan fingerprint density at radius 1 is 1.43 bits per heavy atom. The molecule has 4 N–H and O–H groups in total. The molecule has 114 valence electrons. The van der Waals surface area contributed by atoms with E-state index in [-0.39, 0.29) is 41.6 Å². The highest BCUT2D eigenvalue weighted by Gasteiger charge is 2.34. The minimum Gasteiger partial charge on any atom is -0.506 e. The SMILES string of the molecule is NS(=O)(=O)CC1CC(=O)N(c2ccc(C(=O)O)cc2O)C1. The molecule has 0 spiro atoms. The van der Waals surface area contributed by atoms with Gasteiger partial charge in [0.2, 0.25) is 15.9 Å². The molecule has 9 heteroatoms. The van der Waals surface area contributed by atoms with Crippen molar-refractivity contribution in [2.24, 2.45) is 11.1 Å². The first-order valence-corrected chi connectivity index (χ1v) is 7.76. The molecular formula is C12H14N2O6S. The van der Waals surface area contributed by atoms with Crippen molar-refractivity contribution in [2.45, 2.75) is 6.42 Å². The quantitative estimate of drug-likeness (QED) is 0.699. The predicted molar refractivity (Wildman–Crippen MR) is 73.5 cm³/mol. The minimum atomic E-state index is -3.68. The normalized spacial score (nSPS) is 19.0. The van der Waals surface area contributed by atoms with Crippen molar-refractivity contribution in [3.05, 3.63) is 23.8 Å². The standard InChI is InChI=1S/C12H14N2O6S/c13-21(19,20)6-7-3-11(16)14(5-7)9-2-1-8(12(17)18)4-10(9)15/h1-2,4,7,15H,3,5-6H2,(H,17,18)(H2,13,19,20). The summed E-state index contributed by atoms with van der Waals surface area (Å²) >= 11 is 0. The molecule has 1 atom stereocenters. The molecule has 1 aromatic rings. The van der Waals surface area contributed by atoms with Crippen LogP contribution in [0, 0.1) is 5.92 Å². The van der Waals surface area contributed by atoms with Gasteiger partial charge in [0.1, 0.15) is 5.75 Å². The fraction of sp³-hybridized carbons (Fsp3) is 0.333. The van der Waals surface area contributed by atoms with E-state index in [0.29, 0.717) is 0 Å². The fourth-order valence-corrected chi connectivity index (χ4v) is 3.22. The van der Waals surface area contributed by atoms with Crippen molar-refractivity contribution in [1.82, 2.24) is 0 Å². The minimum absolute atomic E-state index is 0.0105. The highest BCUT2D eigenvalue weighted by atomic mass is 32.2. The van der Waals surface area contributed by atoms with E-state index >= 15 is 0 Å². The molecule has 1 aromatic carbocycles. The molecule has 8 nitrogen and oxygen atoms in total. The van der Waals surface area contributed by atoms with Crippen LogP contribution in [-0.4, -0.2) is 42.8 Å². The van der Waals surface area contributed by atoms with E-state index in [4.69, 9.17) is 10.2 Å². The van der Waals surface area contributed by atoms with Gasteiger partial charge < -0.3 is 15.1 Å². The molecule has 0 bridgehead atoms. The van der Waals surface area contributed by atoms with Gasteiger partial charge in [0, 0.05) is 18.9 Å². The van der Waals surface area contributed by atoms with Crippen molar-refractivity contribution in [3.63, 3.8) is 0 Å². The first-order valence-electron chi connectivity index (χ1n) is 6.04. The first kappa shape index (κ1) is 15.3. The number of hydrogen-bond acceptors (Lipinski definition) is 5. The lowest BCUT2D eigenvalue weighted by atomic mass is 10.1. The molecule has 1 fully saturated rings. The number of phenols is 1. The van der Waals surface area contributed by atoms with Crippen molar-refractivity contribution in [3.8, 4) is 5.75 Å². The van der Waals surface area contributed by atoms with E-state index in [0.717, 1.165) is 6.07 Å². The third-order valence-electron chi connectivity index (χ3n) is 3.19. The van der Waals surface area contributed by atoms with Gasteiger partial charge in [0.25, 0.3) is 0 Å². The number of carbonyl (C=O) groups is 2. The lowest BCUT2D eigenvalue weighted by molar-refractivity contribution is -0.117. The van der Waals surface area contributed by atoms with Crippen LogP contribution in [0.25, 0.3) is 0 Å². The highest BCUT2D eigenvalue weighted by molar-refractivity contribution is 7.89. The maximum absolute atomic E-state index is 11.9. The molecule has 0 aliphatic carbocycles. The number of hydrogen-bond donors (Lipinski definition) is 3. The number of sulfonamides is 1. The van der Waals surface area contributed by atoms with Crippen LogP contribution in [0.1, 0.15) is 16.8 Å². The number of aromatic hydroxyl groups is 1. The van der Waals surface area contributed by atoms with E-state index < -0.39 is 21.9 Å². The van der Waals surface area contributed by atoms with Crippen molar-refractivity contribution < 1.29 is 28.2 Å². The zero-order valence-corrected chi connectivity index (χ0v) is 11.7. The average molecular weight is 314 g/mol. The molecule has 1 unspecified atom stereocenters. The predicted octanol–water partition coefficient (Wildman–Crippen LogP) is -0.268. The van der Waals surface area contributed by atoms with E-state index in [2.05, 4.69) is 0 Å². The zero-order valence-electron chi connectivity index (χ0n) is 10.9. The summed E-state index contributed by atoms with van der Waals surface area (Å²) in [6, 6.07) is 3.62. The number of amides is 1. The molecular weight excluding hydrogens is 300 g/mol. The van der Waals surface area contributed by atoms with Crippen LogP contribution in [-0.2, 0) is 14.8 Å². The Morgan fingerprint density at radius 2 is 2.10 bits per heavy atom. The third-order valence-corrected chi connectivity index (χ3v) is 4.12. The molecule has 1 aliphatic heterocycles. The number of primary sulfonamides is 1. The van der Waals surface area contributed by atoms with E-state index in [1.54, 1.807) is 0 Å². The Bertz CT molecular complexity index is 700. The maximum Gasteiger partial charge on any atom is 0.335 e. The molecule has 0 aromatic heterocycles. The molecule has 2 rings (SSSR count). The van der Waals surface area contributed by atoms with Gasteiger partial charge in [0.05, 0.1) is 17.0 Å². The number of nitrogens with zero attached hydrogens (tertiary/aromatic N) is 1. The summed E-state index contributed by atoms with van der Waals surface area (Å²) < 4.78 is 22.1. The molecule has 21 heavy (non-hydrogen) atoms. The summed E-state index contributed by atoms with van der Waals surface area (Å²) in [5.41, 5.74) is 0.0471. The lowest BCUT2D eigenvalue weighted by Gasteiger charge is -2.18. The number of rotatable bonds is 4. The van der Waals surface area contributed by atoms with Crippen LogP contribution in [0.3, 0.4) is 0 Å². The number of nitrogens with two attached hydrogens (primary N) is 1. The topological polar surface area (TPSA) is 138 Å². The van der Waals surface area contributed by atoms with Gasteiger partial charge in [-0.25, -0.2) is 18.4 Å². The Hall–Kier alpha value is -2.13. The van der Waals surface area contributed by atoms with Gasteiger partial charge in [0.15, 0.2) is 0 Å². The number of phenolic OH excluding ortho intramolecular Hbond substituents is 1. The molecule has 0 radical (unpaired) electrons. The molecule has 1 heterocycles. The van der Waals surface area contributed by atoms with Crippen LogP contribution < -0.4 is 10.0 Å². The zero-order chi connectivity index (χ0) is 15.8. The van der Waals surface area contributed by atoms with Crippen molar-refractivity contribution >= 4 is 27.6 Å². The van der Waals surface area contributed by atoms with Crippen molar-refractivity contribution in [2.75, 3.05) is 17.2 Å². The van der Waals surface area contributed by atoms with E-state index in [9.17, 15) is 23.1 Å². The second kappa shape index (κ2) is 5.34. The molecule has 1 saturated heterocycles. The third kappa shape index (κ3) is 3.50. The van der Waals surface area contributed by atoms with Gasteiger partial charge in [-0.1, -0.05) is 0 Å². The van der Waals surface area contributed by atoms with Crippen LogP contribution in [0.15, 0.2) is 18.2 Å². The van der Waals surface area contributed by atoms with Crippen LogP contribution in [0.4, 0.5) is 5.69 Å². The Morgan fingerprint density at radius 3 is 2.62 bits per heavy atom.